The van der Waals surface area contributed by atoms with E-state index >= 15 is 0 Å². The number of carbonyl (C=O) groups is 2. The van der Waals surface area contributed by atoms with Crippen LogP contribution in [-0.2, 0) is 11.3 Å². The third-order valence-corrected chi connectivity index (χ3v) is 6.96. The highest BCUT2D eigenvalue weighted by molar-refractivity contribution is 7.99. The van der Waals surface area contributed by atoms with Crippen molar-refractivity contribution in [2.75, 3.05) is 32.4 Å². The summed E-state index contributed by atoms with van der Waals surface area (Å²) in [6.07, 6.45) is 1.61. The minimum atomic E-state index is -0.387. The number of nitrogens with one attached hydrogen (secondary N) is 2. The monoisotopic (exact) mass is 574 g/mol. The first-order valence-electron chi connectivity index (χ1n) is 11.0. The number of thioether (sulfide) groups is 1. The predicted molar refractivity (Wildman–Crippen MR) is 145 cm³/mol. The van der Waals surface area contributed by atoms with Crippen molar-refractivity contribution < 1.29 is 23.8 Å². The normalized spacial score (nSPS) is 10.6. The number of anilines is 1. The zero-order chi connectivity index (χ0) is 27.1. The fourth-order valence-electron chi connectivity index (χ4n) is 3.43. The Balaban J connectivity index is 1.54. The molecule has 0 atom stereocenters. The van der Waals surface area contributed by atoms with Crippen LogP contribution in [0.25, 0.3) is 5.69 Å². The number of benzene rings is 2. The molecule has 0 saturated heterocycles. The summed E-state index contributed by atoms with van der Waals surface area (Å²) in [5.41, 5.74) is 0.990. The molecular formula is C24H23ClN6O5S2. The molecule has 0 unspecified atom stereocenters. The van der Waals surface area contributed by atoms with Crippen molar-refractivity contribution in [3.63, 3.8) is 0 Å². The first kappa shape index (κ1) is 27.2. The Hall–Kier alpha value is -3.81. The van der Waals surface area contributed by atoms with Gasteiger partial charge in [-0.25, -0.2) is 4.98 Å². The van der Waals surface area contributed by atoms with E-state index in [1.807, 2.05) is 6.07 Å². The van der Waals surface area contributed by atoms with Gasteiger partial charge in [-0.2, -0.15) is 0 Å². The molecule has 0 aliphatic heterocycles. The van der Waals surface area contributed by atoms with Gasteiger partial charge in [-0.15, -0.1) is 21.5 Å². The first-order valence-corrected chi connectivity index (χ1v) is 13.3. The molecule has 4 rings (SSSR count). The van der Waals surface area contributed by atoms with E-state index in [2.05, 4.69) is 25.8 Å². The summed E-state index contributed by atoms with van der Waals surface area (Å²) in [6, 6.07) is 10.2. The Bertz CT molecular complexity index is 1400. The summed E-state index contributed by atoms with van der Waals surface area (Å²) in [6.45, 7) is 0.0425. The lowest BCUT2D eigenvalue weighted by Crippen LogP contribution is -2.25. The van der Waals surface area contributed by atoms with Crippen molar-refractivity contribution in [1.29, 1.82) is 0 Å². The van der Waals surface area contributed by atoms with Crippen molar-refractivity contribution in [2.45, 2.75) is 11.7 Å². The van der Waals surface area contributed by atoms with Gasteiger partial charge >= 0.3 is 0 Å². The standard InChI is InChI=1S/C24H23ClN6O5S2/c1-34-17-9-14(10-18(35-2)21(17)36-3)22(33)27-12-19-29-30-24(31(19)16-6-4-5-15(25)11-16)38-13-20(32)28-23-26-7-8-37-23/h4-11H,12-13H2,1-3H3,(H,27,33)(H,26,28,32). The van der Waals surface area contributed by atoms with Gasteiger partial charge in [0.15, 0.2) is 27.6 Å². The molecule has 198 valence electrons. The Kier molecular flexibility index (Phi) is 9.05. The largest absolute Gasteiger partial charge is 0.493 e. The van der Waals surface area contributed by atoms with Crippen LogP contribution in [0.15, 0.2) is 53.1 Å². The van der Waals surface area contributed by atoms with Gasteiger partial charge < -0.3 is 24.8 Å². The summed E-state index contributed by atoms with van der Waals surface area (Å²) in [5, 5.41) is 17.4. The summed E-state index contributed by atoms with van der Waals surface area (Å²) in [5.74, 6) is 0.992. The molecule has 2 N–H and O–H groups in total. The molecule has 2 heterocycles. The molecule has 0 bridgehead atoms. The lowest BCUT2D eigenvalue weighted by atomic mass is 10.1. The Morgan fingerprint density at radius 3 is 2.47 bits per heavy atom. The maximum atomic E-state index is 13.0. The van der Waals surface area contributed by atoms with Crippen molar-refractivity contribution >= 4 is 51.6 Å². The number of aromatic nitrogens is 4. The summed E-state index contributed by atoms with van der Waals surface area (Å²) < 4.78 is 17.7. The molecule has 0 radical (unpaired) electrons. The molecule has 0 fully saturated rings. The van der Waals surface area contributed by atoms with E-state index in [4.69, 9.17) is 25.8 Å². The maximum Gasteiger partial charge on any atom is 0.251 e. The van der Waals surface area contributed by atoms with Crippen LogP contribution in [0.1, 0.15) is 16.2 Å². The highest BCUT2D eigenvalue weighted by Crippen LogP contribution is 2.38. The van der Waals surface area contributed by atoms with E-state index in [0.29, 0.717) is 49.6 Å². The molecule has 0 saturated carbocycles. The fraction of sp³-hybridized carbons (Fsp3) is 0.208. The Morgan fingerprint density at radius 1 is 1.08 bits per heavy atom. The Morgan fingerprint density at radius 2 is 1.84 bits per heavy atom. The summed E-state index contributed by atoms with van der Waals surface area (Å²) in [7, 11) is 4.44. The third kappa shape index (κ3) is 6.36. The molecule has 2 amide bonds. The molecule has 0 spiro atoms. The number of hydrogen-bond acceptors (Lipinski definition) is 10. The quantitative estimate of drug-likeness (QED) is 0.255. The second-order valence-corrected chi connectivity index (χ2v) is 9.76. The number of thiazole rings is 1. The van der Waals surface area contributed by atoms with Gasteiger partial charge in [-0.05, 0) is 30.3 Å². The number of amides is 2. The van der Waals surface area contributed by atoms with Crippen LogP contribution in [0.2, 0.25) is 5.02 Å². The summed E-state index contributed by atoms with van der Waals surface area (Å²) >= 11 is 8.75. The Labute approximate surface area is 231 Å². The molecular weight excluding hydrogens is 552 g/mol. The van der Waals surface area contributed by atoms with E-state index in [-0.39, 0.29) is 24.1 Å². The smallest absolute Gasteiger partial charge is 0.251 e. The maximum absolute atomic E-state index is 13.0. The van der Waals surface area contributed by atoms with E-state index in [1.54, 1.807) is 46.5 Å². The van der Waals surface area contributed by atoms with E-state index < -0.39 is 0 Å². The molecule has 14 heteroatoms. The van der Waals surface area contributed by atoms with Crippen molar-refractivity contribution in [2.24, 2.45) is 0 Å². The van der Waals surface area contributed by atoms with Crippen LogP contribution in [0.4, 0.5) is 5.13 Å². The molecule has 2 aromatic carbocycles. The van der Waals surface area contributed by atoms with E-state index in [0.717, 1.165) is 0 Å². The number of carbonyl (C=O) groups excluding carboxylic acids is 2. The molecule has 0 aliphatic rings. The van der Waals surface area contributed by atoms with Gasteiger partial charge in [0.1, 0.15) is 0 Å². The lowest BCUT2D eigenvalue weighted by Gasteiger charge is -2.14. The minimum absolute atomic E-state index is 0.0425. The molecule has 4 aromatic rings. The van der Waals surface area contributed by atoms with Gasteiger partial charge in [0.05, 0.1) is 39.3 Å². The van der Waals surface area contributed by atoms with Gasteiger partial charge in [0.2, 0.25) is 11.7 Å². The third-order valence-electron chi connectivity index (χ3n) is 5.11. The van der Waals surface area contributed by atoms with Gasteiger partial charge in [0, 0.05) is 22.2 Å². The van der Waals surface area contributed by atoms with Crippen LogP contribution < -0.4 is 24.8 Å². The zero-order valence-electron chi connectivity index (χ0n) is 20.6. The van der Waals surface area contributed by atoms with Crippen LogP contribution in [-0.4, -0.2) is 58.6 Å². The van der Waals surface area contributed by atoms with Crippen molar-refractivity contribution in [1.82, 2.24) is 25.1 Å². The number of hydrogen-bond donors (Lipinski definition) is 2. The molecule has 11 nitrogen and oxygen atoms in total. The van der Waals surface area contributed by atoms with E-state index in [1.165, 1.54) is 44.4 Å². The second kappa shape index (κ2) is 12.6. The minimum Gasteiger partial charge on any atom is -0.493 e. The highest BCUT2D eigenvalue weighted by atomic mass is 35.5. The fourth-order valence-corrected chi connectivity index (χ4v) is 4.93. The molecule has 2 aromatic heterocycles. The van der Waals surface area contributed by atoms with Gasteiger partial charge in [0.25, 0.3) is 5.91 Å². The topological polar surface area (TPSA) is 129 Å². The molecule has 38 heavy (non-hydrogen) atoms. The van der Waals surface area contributed by atoms with Crippen LogP contribution >= 0.6 is 34.7 Å². The summed E-state index contributed by atoms with van der Waals surface area (Å²) in [4.78, 5) is 29.5. The SMILES string of the molecule is COc1cc(C(=O)NCc2nnc(SCC(=O)Nc3nccs3)n2-c2cccc(Cl)c2)cc(OC)c1OC. The van der Waals surface area contributed by atoms with Crippen molar-refractivity contribution in [3.05, 3.63) is 64.4 Å². The number of nitrogens with zero attached hydrogens (tertiary/aromatic N) is 4. The highest BCUT2D eigenvalue weighted by Gasteiger charge is 2.20. The number of ether oxygens (including phenoxy) is 3. The zero-order valence-corrected chi connectivity index (χ0v) is 22.9. The number of halogens is 1. The molecule has 0 aliphatic carbocycles. The lowest BCUT2D eigenvalue weighted by molar-refractivity contribution is -0.113. The van der Waals surface area contributed by atoms with Crippen molar-refractivity contribution in [3.8, 4) is 22.9 Å². The van der Waals surface area contributed by atoms with E-state index in [9.17, 15) is 9.59 Å². The van der Waals surface area contributed by atoms with Crippen LogP contribution in [0.5, 0.6) is 17.2 Å². The number of methoxy groups -OCH3 is 3. The second-order valence-electron chi connectivity index (χ2n) is 7.48. The first-order chi connectivity index (χ1) is 18.4. The average molecular weight is 575 g/mol. The van der Waals surface area contributed by atoms with Gasteiger partial charge in [-0.3, -0.25) is 14.2 Å². The van der Waals surface area contributed by atoms with Crippen LogP contribution in [0.3, 0.4) is 0 Å². The number of rotatable bonds is 11. The van der Waals surface area contributed by atoms with Gasteiger partial charge in [-0.1, -0.05) is 29.4 Å². The average Bonchev–Trinajstić information content (AvgIpc) is 3.59. The predicted octanol–water partition coefficient (Wildman–Crippen LogP) is 4.06. The van der Waals surface area contributed by atoms with Crippen LogP contribution in [0, 0.1) is 0 Å².